The lowest BCUT2D eigenvalue weighted by molar-refractivity contribution is 0.197. The molecule has 1 aromatic heterocycles. The van der Waals surface area contributed by atoms with Gasteiger partial charge in [-0.3, -0.25) is 4.98 Å². The van der Waals surface area contributed by atoms with Gasteiger partial charge in [0, 0.05) is 31.8 Å². The van der Waals surface area contributed by atoms with Gasteiger partial charge in [-0.25, -0.2) is 0 Å². The third-order valence-corrected chi connectivity index (χ3v) is 14.3. The topological polar surface area (TPSA) is 49.8 Å². The SMILES string of the molecule is CCC#CCCCCCCCCO[Si](C)(C)O[Si](C)(C)O[Si](C)(C)OCc1cccnc1. The minimum Gasteiger partial charge on any atom is -0.415 e. The van der Waals surface area contributed by atoms with Crippen molar-refractivity contribution in [3.63, 3.8) is 0 Å². The highest BCUT2D eigenvalue weighted by molar-refractivity contribution is 6.84. The Morgan fingerprint density at radius 3 is 2.03 bits per heavy atom. The van der Waals surface area contributed by atoms with E-state index in [1.165, 1.54) is 32.1 Å². The molecule has 5 nitrogen and oxygen atoms in total. The van der Waals surface area contributed by atoms with Crippen molar-refractivity contribution in [2.45, 2.75) is 104 Å². The van der Waals surface area contributed by atoms with Crippen LogP contribution in [-0.2, 0) is 23.7 Å². The van der Waals surface area contributed by atoms with Crippen LogP contribution in [0.25, 0.3) is 0 Å². The van der Waals surface area contributed by atoms with Crippen LogP contribution in [-0.4, -0.2) is 37.3 Å². The van der Waals surface area contributed by atoms with E-state index in [9.17, 15) is 0 Å². The van der Waals surface area contributed by atoms with Crippen LogP contribution in [0, 0.1) is 11.8 Å². The van der Waals surface area contributed by atoms with Crippen LogP contribution in [0.15, 0.2) is 24.5 Å². The number of aromatic nitrogens is 1. The van der Waals surface area contributed by atoms with E-state index >= 15 is 0 Å². The van der Waals surface area contributed by atoms with E-state index in [-0.39, 0.29) is 0 Å². The van der Waals surface area contributed by atoms with Crippen molar-refractivity contribution in [3.8, 4) is 11.8 Å². The van der Waals surface area contributed by atoms with Gasteiger partial charge < -0.3 is 17.1 Å². The lowest BCUT2D eigenvalue weighted by atomic mass is 10.1. The third-order valence-electron chi connectivity index (χ3n) is 4.74. The van der Waals surface area contributed by atoms with Crippen molar-refractivity contribution in [1.29, 1.82) is 0 Å². The summed E-state index contributed by atoms with van der Waals surface area (Å²) >= 11 is 0. The van der Waals surface area contributed by atoms with Gasteiger partial charge in [-0.1, -0.05) is 38.7 Å². The largest absolute Gasteiger partial charge is 0.415 e. The van der Waals surface area contributed by atoms with Gasteiger partial charge in [0.05, 0.1) is 6.61 Å². The van der Waals surface area contributed by atoms with E-state index in [1.807, 2.05) is 18.3 Å². The second-order valence-corrected chi connectivity index (χ2v) is 20.1. The second kappa shape index (κ2) is 15.2. The van der Waals surface area contributed by atoms with Gasteiger partial charge in [-0.15, -0.1) is 11.8 Å². The molecule has 0 aliphatic carbocycles. The van der Waals surface area contributed by atoms with E-state index in [2.05, 4.69) is 63.0 Å². The molecule has 1 rings (SSSR count). The van der Waals surface area contributed by atoms with Crippen molar-refractivity contribution >= 4 is 25.7 Å². The standard InChI is InChI=1S/C24H45NO4Si3/c1-8-9-10-11-12-13-14-15-16-17-21-26-30(2,3)28-32(6,7)29-31(4,5)27-23-24-19-18-20-25-22-24/h18-20,22H,8,11-17,21,23H2,1-7H3. The van der Waals surface area contributed by atoms with E-state index < -0.39 is 25.7 Å². The number of unbranched alkanes of at least 4 members (excludes halogenated alkanes) is 6. The maximum Gasteiger partial charge on any atom is 0.323 e. The Hall–Kier alpha value is -0.799. The molecule has 0 radical (unpaired) electrons. The van der Waals surface area contributed by atoms with Gasteiger partial charge in [-0.05, 0) is 63.8 Å². The molecule has 0 aromatic carbocycles. The first-order valence-electron chi connectivity index (χ1n) is 12.1. The van der Waals surface area contributed by atoms with Gasteiger partial charge in [0.15, 0.2) is 0 Å². The highest BCUT2D eigenvalue weighted by Gasteiger charge is 2.41. The Morgan fingerprint density at radius 2 is 1.41 bits per heavy atom. The van der Waals surface area contributed by atoms with Crippen molar-refractivity contribution in [2.75, 3.05) is 6.61 Å². The molecule has 0 atom stereocenters. The number of nitrogens with zero attached hydrogens (tertiary/aromatic N) is 1. The molecule has 182 valence electrons. The van der Waals surface area contributed by atoms with Crippen molar-refractivity contribution < 1.29 is 17.1 Å². The van der Waals surface area contributed by atoms with E-state index in [0.717, 1.165) is 31.4 Å². The average molecular weight is 496 g/mol. The first-order chi connectivity index (χ1) is 15.1. The fraction of sp³-hybridized carbons (Fsp3) is 0.708. The Balaban J connectivity index is 2.25. The smallest absolute Gasteiger partial charge is 0.323 e. The van der Waals surface area contributed by atoms with Crippen LogP contribution in [0.4, 0.5) is 0 Å². The van der Waals surface area contributed by atoms with Crippen LogP contribution in [0.3, 0.4) is 0 Å². The molecule has 0 saturated carbocycles. The molecule has 0 N–H and O–H groups in total. The quantitative estimate of drug-likeness (QED) is 0.142. The minimum absolute atomic E-state index is 0.515. The highest BCUT2D eigenvalue weighted by Crippen LogP contribution is 2.23. The zero-order valence-electron chi connectivity index (χ0n) is 21.5. The summed E-state index contributed by atoms with van der Waals surface area (Å²) < 4.78 is 25.3. The number of rotatable bonds is 16. The van der Waals surface area contributed by atoms with Crippen LogP contribution < -0.4 is 0 Å². The van der Waals surface area contributed by atoms with Gasteiger partial charge in [-0.2, -0.15) is 0 Å². The molecular formula is C24H45NO4Si3. The van der Waals surface area contributed by atoms with Gasteiger partial charge in [0.1, 0.15) is 0 Å². The molecule has 1 aromatic rings. The Labute approximate surface area is 200 Å². The van der Waals surface area contributed by atoms with Gasteiger partial charge >= 0.3 is 25.7 Å². The molecule has 0 aliphatic heterocycles. The van der Waals surface area contributed by atoms with E-state index in [4.69, 9.17) is 17.1 Å². The van der Waals surface area contributed by atoms with Crippen LogP contribution in [0.2, 0.25) is 39.3 Å². The summed E-state index contributed by atoms with van der Waals surface area (Å²) in [5.74, 6) is 6.35. The molecule has 0 amide bonds. The lowest BCUT2D eigenvalue weighted by Crippen LogP contribution is -2.54. The molecule has 0 spiro atoms. The first-order valence-corrected chi connectivity index (χ1v) is 20.5. The van der Waals surface area contributed by atoms with Crippen molar-refractivity contribution in [1.82, 2.24) is 4.98 Å². The van der Waals surface area contributed by atoms with Crippen molar-refractivity contribution in [2.24, 2.45) is 0 Å². The first kappa shape index (κ1) is 29.2. The summed E-state index contributed by atoms with van der Waals surface area (Å²) in [5.41, 5.74) is 1.06. The number of hydrogen-bond acceptors (Lipinski definition) is 5. The summed E-state index contributed by atoms with van der Waals surface area (Å²) in [4.78, 5) is 4.14. The maximum absolute atomic E-state index is 6.47. The second-order valence-electron chi connectivity index (χ2n) is 9.48. The van der Waals surface area contributed by atoms with E-state index in [1.54, 1.807) is 6.20 Å². The molecular weight excluding hydrogens is 451 g/mol. The summed E-state index contributed by atoms with van der Waals surface area (Å²) in [6, 6.07) is 3.94. The molecule has 1 heterocycles. The summed E-state index contributed by atoms with van der Waals surface area (Å²) in [5, 5.41) is 0. The Kier molecular flexibility index (Phi) is 13.9. The summed E-state index contributed by atoms with van der Waals surface area (Å²) in [6.07, 6.45) is 13.0. The van der Waals surface area contributed by atoms with Crippen LogP contribution >= 0.6 is 0 Å². The highest BCUT2D eigenvalue weighted by atomic mass is 28.5. The Bertz CT molecular complexity index is 687. The fourth-order valence-corrected chi connectivity index (χ4v) is 15.2. The van der Waals surface area contributed by atoms with Crippen LogP contribution in [0.5, 0.6) is 0 Å². The van der Waals surface area contributed by atoms with Crippen LogP contribution in [0.1, 0.15) is 63.9 Å². The molecule has 0 fully saturated rings. The van der Waals surface area contributed by atoms with Crippen molar-refractivity contribution in [3.05, 3.63) is 30.1 Å². The van der Waals surface area contributed by atoms with Gasteiger partial charge in [0.2, 0.25) is 0 Å². The number of hydrogen-bond donors (Lipinski definition) is 0. The molecule has 0 aliphatic rings. The Morgan fingerprint density at radius 1 is 0.781 bits per heavy atom. The average Bonchev–Trinajstić information content (AvgIpc) is 2.69. The van der Waals surface area contributed by atoms with Gasteiger partial charge in [0.25, 0.3) is 0 Å². The predicted octanol–water partition coefficient (Wildman–Crippen LogP) is 6.90. The molecule has 32 heavy (non-hydrogen) atoms. The molecule has 0 bridgehead atoms. The normalized spacial score (nSPS) is 12.5. The molecule has 0 unspecified atom stereocenters. The van der Waals surface area contributed by atoms with E-state index in [0.29, 0.717) is 6.61 Å². The number of pyridine rings is 1. The lowest BCUT2D eigenvalue weighted by Gasteiger charge is -2.37. The summed E-state index contributed by atoms with van der Waals surface area (Å²) in [6.45, 7) is 16.0. The fourth-order valence-electron chi connectivity index (χ4n) is 3.56. The minimum atomic E-state index is -2.37. The molecule has 0 saturated heterocycles. The molecule has 8 heteroatoms. The third kappa shape index (κ3) is 15.1. The monoisotopic (exact) mass is 495 g/mol. The zero-order valence-corrected chi connectivity index (χ0v) is 24.5. The maximum atomic E-state index is 6.47. The summed E-state index contributed by atoms with van der Waals surface area (Å²) in [7, 11) is -6.93. The zero-order chi connectivity index (χ0) is 23.9. The predicted molar refractivity (Wildman–Crippen MR) is 140 cm³/mol.